The molecule has 134 valence electrons. The van der Waals surface area contributed by atoms with E-state index >= 15 is 0 Å². The predicted octanol–water partition coefficient (Wildman–Crippen LogP) is 2.68. The van der Waals surface area contributed by atoms with E-state index in [1.807, 2.05) is 31.2 Å². The normalized spacial score (nSPS) is 15.5. The highest BCUT2D eigenvalue weighted by molar-refractivity contribution is 7.17. The second-order valence-corrected chi connectivity index (χ2v) is 7.12. The van der Waals surface area contributed by atoms with Gasteiger partial charge < -0.3 is 19.3 Å². The van der Waals surface area contributed by atoms with Crippen molar-refractivity contribution in [2.24, 2.45) is 5.41 Å². The number of ether oxygens (including phenoxy) is 3. The Kier molecular flexibility index (Phi) is 5.36. The van der Waals surface area contributed by atoms with E-state index in [4.69, 9.17) is 14.2 Å². The summed E-state index contributed by atoms with van der Waals surface area (Å²) in [6, 6.07) is 7.61. The maximum Gasteiger partial charge on any atom is 0.350 e. The average molecular weight is 363 g/mol. The van der Waals surface area contributed by atoms with Gasteiger partial charge in [0.2, 0.25) is 0 Å². The summed E-state index contributed by atoms with van der Waals surface area (Å²) >= 11 is 1.30. The van der Waals surface area contributed by atoms with Gasteiger partial charge in [-0.2, -0.15) is 0 Å². The van der Waals surface area contributed by atoms with Crippen molar-refractivity contribution in [3.63, 3.8) is 0 Å². The number of rotatable bonds is 7. The summed E-state index contributed by atoms with van der Waals surface area (Å²) in [4.78, 5) is 17.3. The Labute approximate surface area is 150 Å². The molecule has 0 spiro atoms. The van der Waals surface area contributed by atoms with Gasteiger partial charge >= 0.3 is 5.97 Å². The lowest BCUT2D eigenvalue weighted by Crippen LogP contribution is -2.49. The summed E-state index contributed by atoms with van der Waals surface area (Å²) in [5, 5.41) is 10.2. The number of hydrogen-bond donors (Lipinski definition) is 1. The summed E-state index contributed by atoms with van der Waals surface area (Å²) in [6.07, 6.45) is 0. The lowest BCUT2D eigenvalue weighted by molar-refractivity contribution is -0.158. The van der Waals surface area contributed by atoms with Crippen molar-refractivity contribution in [2.45, 2.75) is 13.8 Å². The molecule has 1 aromatic heterocycles. The van der Waals surface area contributed by atoms with Crippen molar-refractivity contribution in [1.29, 1.82) is 0 Å². The number of hydrogen-bond acceptors (Lipinski definition) is 7. The topological polar surface area (TPSA) is 77.9 Å². The molecule has 1 aromatic carbocycles. The molecule has 0 aliphatic carbocycles. The van der Waals surface area contributed by atoms with Crippen LogP contribution >= 0.6 is 11.3 Å². The zero-order valence-electron chi connectivity index (χ0n) is 14.3. The summed E-state index contributed by atoms with van der Waals surface area (Å²) < 4.78 is 15.9. The second kappa shape index (κ2) is 7.51. The maximum absolute atomic E-state index is 12.4. The van der Waals surface area contributed by atoms with Gasteiger partial charge in [0.1, 0.15) is 22.2 Å². The number of aromatic nitrogens is 1. The van der Waals surface area contributed by atoms with E-state index in [0.29, 0.717) is 30.4 Å². The van der Waals surface area contributed by atoms with Gasteiger partial charge in [-0.25, -0.2) is 9.78 Å². The molecule has 0 saturated carbocycles. The van der Waals surface area contributed by atoms with E-state index in [1.165, 1.54) is 11.3 Å². The van der Waals surface area contributed by atoms with Crippen LogP contribution in [0.3, 0.4) is 0 Å². The number of carbonyl (C=O) groups excluding carboxylic acids is 1. The lowest BCUT2D eigenvalue weighted by Gasteiger charge is -2.38. The Balaban J connectivity index is 1.70. The monoisotopic (exact) mass is 363 g/mol. The quantitative estimate of drug-likeness (QED) is 0.762. The highest BCUT2D eigenvalue weighted by Crippen LogP contribution is 2.31. The number of nitrogens with zero attached hydrogens (tertiary/aromatic N) is 1. The molecule has 1 N–H and O–H groups in total. The van der Waals surface area contributed by atoms with Crippen LogP contribution in [-0.4, -0.2) is 49.1 Å². The van der Waals surface area contributed by atoms with Gasteiger partial charge in [-0.05, 0) is 38.1 Å². The van der Waals surface area contributed by atoms with Crippen molar-refractivity contribution in [3.8, 4) is 16.3 Å². The summed E-state index contributed by atoms with van der Waals surface area (Å²) in [6.45, 7) is 5.27. The first-order chi connectivity index (χ1) is 12.1. The first-order valence-electron chi connectivity index (χ1n) is 8.13. The van der Waals surface area contributed by atoms with Crippen molar-refractivity contribution >= 4 is 17.3 Å². The molecule has 0 atom stereocenters. The molecule has 3 rings (SSSR count). The lowest BCUT2D eigenvalue weighted by atomic mass is 9.88. The van der Waals surface area contributed by atoms with E-state index in [2.05, 4.69) is 4.98 Å². The fourth-order valence-corrected chi connectivity index (χ4v) is 3.43. The standard InChI is InChI=1S/C18H21NO5S/c1-3-23-14-6-4-13(5-7-14)16-19-12(2)15(25-16)17(21)24-11-18(8-20)9-22-10-18/h4-7,20H,3,8-11H2,1-2H3. The van der Waals surface area contributed by atoms with Gasteiger partial charge in [-0.1, -0.05) is 0 Å². The molecule has 7 heteroatoms. The highest BCUT2D eigenvalue weighted by Gasteiger charge is 2.39. The first kappa shape index (κ1) is 17.8. The van der Waals surface area contributed by atoms with Crippen molar-refractivity contribution in [2.75, 3.05) is 33.0 Å². The number of aliphatic hydroxyl groups excluding tert-OH is 1. The van der Waals surface area contributed by atoms with E-state index in [1.54, 1.807) is 6.92 Å². The molecule has 1 aliphatic rings. The van der Waals surface area contributed by atoms with E-state index in [9.17, 15) is 9.90 Å². The molecule has 1 saturated heterocycles. The van der Waals surface area contributed by atoms with Crippen LogP contribution in [0.2, 0.25) is 0 Å². The minimum atomic E-state index is -0.452. The Hall–Kier alpha value is -1.96. The second-order valence-electron chi connectivity index (χ2n) is 6.12. The van der Waals surface area contributed by atoms with Crippen LogP contribution in [0.1, 0.15) is 22.3 Å². The van der Waals surface area contributed by atoms with Crippen LogP contribution in [0.15, 0.2) is 24.3 Å². The molecule has 0 unspecified atom stereocenters. The van der Waals surface area contributed by atoms with Crippen molar-refractivity contribution in [3.05, 3.63) is 34.8 Å². The minimum absolute atomic E-state index is 0.0562. The molecule has 6 nitrogen and oxygen atoms in total. The fourth-order valence-electron chi connectivity index (χ4n) is 2.46. The van der Waals surface area contributed by atoms with Gasteiger partial charge in [0, 0.05) is 5.56 Å². The predicted molar refractivity (Wildman–Crippen MR) is 94.1 cm³/mol. The highest BCUT2D eigenvalue weighted by atomic mass is 32.1. The number of esters is 1. The van der Waals surface area contributed by atoms with Crippen LogP contribution in [0.5, 0.6) is 5.75 Å². The summed E-state index contributed by atoms with van der Waals surface area (Å²) in [5.41, 5.74) is 1.11. The molecule has 1 fully saturated rings. The number of benzene rings is 1. The Bertz CT molecular complexity index is 731. The largest absolute Gasteiger partial charge is 0.494 e. The van der Waals surface area contributed by atoms with E-state index in [-0.39, 0.29) is 13.2 Å². The molecule has 1 aliphatic heterocycles. The third-order valence-corrected chi connectivity index (χ3v) is 5.24. The summed E-state index contributed by atoms with van der Waals surface area (Å²) in [5.74, 6) is 0.392. The summed E-state index contributed by atoms with van der Waals surface area (Å²) in [7, 11) is 0. The van der Waals surface area contributed by atoms with Crippen molar-refractivity contribution in [1.82, 2.24) is 4.98 Å². The van der Waals surface area contributed by atoms with Crippen molar-refractivity contribution < 1.29 is 24.1 Å². The molecule has 25 heavy (non-hydrogen) atoms. The first-order valence-corrected chi connectivity index (χ1v) is 8.95. The minimum Gasteiger partial charge on any atom is -0.494 e. The molecule has 2 aromatic rings. The van der Waals surface area contributed by atoms with Gasteiger partial charge in [0.05, 0.1) is 37.5 Å². The van der Waals surface area contributed by atoms with Crippen LogP contribution in [0.4, 0.5) is 0 Å². The number of aryl methyl sites for hydroxylation is 1. The van der Waals surface area contributed by atoms with Gasteiger partial charge in [0.25, 0.3) is 0 Å². The third kappa shape index (κ3) is 3.84. The Morgan fingerprint density at radius 3 is 2.64 bits per heavy atom. The van der Waals surface area contributed by atoms with Crippen LogP contribution in [-0.2, 0) is 9.47 Å². The molecule has 0 radical (unpaired) electrons. The smallest absolute Gasteiger partial charge is 0.350 e. The van der Waals surface area contributed by atoms with Gasteiger partial charge in [-0.15, -0.1) is 11.3 Å². The molecule has 0 bridgehead atoms. The molecule has 0 amide bonds. The number of carbonyl (C=O) groups is 1. The number of aliphatic hydroxyl groups is 1. The van der Waals surface area contributed by atoms with Crippen LogP contribution in [0.25, 0.3) is 10.6 Å². The molecular formula is C18H21NO5S. The maximum atomic E-state index is 12.4. The fraction of sp³-hybridized carbons (Fsp3) is 0.444. The van der Waals surface area contributed by atoms with E-state index < -0.39 is 11.4 Å². The number of thiazole rings is 1. The van der Waals surface area contributed by atoms with Crippen LogP contribution in [0, 0.1) is 12.3 Å². The third-order valence-electron chi connectivity index (χ3n) is 4.06. The van der Waals surface area contributed by atoms with Gasteiger partial charge in [0.15, 0.2) is 0 Å². The average Bonchev–Trinajstić information content (AvgIpc) is 2.97. The van der Waals surface area contributed by atoms with Crippen LogP contribution < -0.4 is 4.74 Å². The van der Waals surface area contributed by atoms with Gasteiger partial charge in [-0.3, -0.25) is 0 Å². The zero-order chi connectivity index (χ0) is 17.9. The zero-order valence-corrected chi connectivity index (χ0v) is 15.1. The SMILES string of the molecule is CCOc1ccc(-c2nc(C)c(C(=O)OCC3(CO)COC3)s2)cc1. The Morgan fingerprint density at radius 1 is 1.36 bits per heavy atom. The molecular weight excluding hydrogens is 342 g/mol. The molecule has 2 heterocycles. The van der Waals surface area contributed by atoms with E-state index in [0.717, 1.165) is 16.3 Å². The Morgan fingerprint density at radius 2 is 2.08 bits per heavy atom.